The van der Waals surface area contributed by atoms with Crippen LogP contribution in [0.25, 0.3) is 0 Å². The Morgan fingerprint density at radius 3 is 2.16 bits per heavy atom. The number of nitrogens with two attached hydrogens (primary N) is 1. The molecule has 0 aliphatic rings. The van der Waals surface area contributed by atoms with E-state index in [0.717, 1.165) is 0 Å². The van der Waals surface area contributed by atoms with E-state index >= 15 is 0 Å². The highest BCUT2D eigenvalue weighted by Crippen LogP contribution is 2.29. The van der Waals surface area contributed by atoms with E-state index in [1.807, 2.05) is 13.8 Å². The Hall–Kier alpha value is -0.970. The van der Waals surface area contributed by atoms with Gasteiger partial charge in [0.15, 0.2) is 0 Å². The molecule has 1 aromatic rings. The summed E-state index contributed by atoms with van der Waals surface area (Å²) in [5, 5.41) is 12.7. The number of rotatable bonds is 5. The van der Waals surface area contributed by atoms with Crippen LogP contribution in [0.15, 0.2) is 12.1 Å². The number of nitrogen functional groups attached to an aromatic ring is 1. The zero-order valence-corrected chi connectivity index (χ0v) is 12.5. The topological polar surface area (TPSA) is 75.3 Å². The third-order valence-corrected chi connectivity index (χ3v) is 4.00. The van der Waals surface area contributed by atoms with Crippen LogP contribution in [0.4, 0.5) is 5.69 Å². The number of halogens is 2. The van der Waals surface area contributed by atoms with Gasteiger partial charge in [0, 0.05) is 5.56 Å². The van der Waals surface area contributed by atoms with Crippen molar-refractivity contribution in [1.29, 1.82) is 0 Å². The number of nitrogens with one attached hydrogen (secondary N) is 1. The summed E-state index contributed by atoms with van der Waals surface area (Å²) >= 11 is 11.8. The van der Waals surface area contributed by atoms with E-state index in [0.29, 0.717) is 18.4 Å². The second-order valence-electron chi connectivity index (χ2n) is 4.45. The quantitative estimate of drug-likeness (QED) is 0.732. The van der Waals surface area contributed by atoms with Gasteiger partial charge in [0.1, 0.15) is 0 Å². The van der Waals surface area contributed by atoms with Gasteiger partial charge in [-0.25, -0.2) is 0 Å². The summed E-state index contributed by atoms with van der Waals surface area (Å²) in [5.41, 5.74) is 5.57. The highest BCUT2D eigenvalue weighted by atomic mass is 35.5. The third kappa shape index (κ3) is 3.53. The minimum atomic E-state index is -0.628. The number of hydrogen-bond donors (Lipinski definition) is 3. The highest BCUT2D eigenvalue weighted by Gasteiger charge is 2.27. The molecular formula is C13H18Cl2N2O2. The molecule has 1 aromatic carbocycles. The lowest BCUT2D eigenvalue weighted by molar-refractivity contribution is 0.0818. The lowest BCUT2D eigenvalue weighted by atomic mass is 9.93. The van der Waals surface area contributed by atoms with Crippen LogP contribution in [-0.4, -0.2) is 23.2 Å². The number of hydrogen-bond acceptors (Lipinski definition) is 3. The monoisotopic (exact) mass is 304 g/mol. The fraction of sp³-hybridized carbons (Fsp3) is 0.462. The van der Waals surface area contributed by atoms with E-state index in [2.05, 4.69) is 5.32 Å². The molecule has 0 saturated heterocycles. The fourth-order valence-electron chi connectivity index (χ4n) is 1.72. The summed E-state index contributed by atoms with van der Waals surface area (Å²) in [4.78, 5) is 12.2. The second kappa shape index (κ2) is 6.46. The van der Waals surface area contributed by atoms with E-state index < -0.39 is 5.54 Å². The van der Waals surface area contributed by atoms with Crippen LogP contribution in [0.1, 0.15) is 37.0 Å². The Labute approximate surface area is 122 Å². The summed E-state index contributed by atoms with van der Waals surface area (Å²) in [6.07, 6.45) is 1.25. The average molecular weight is 305 g/mol. The van der Waals surface area contributed by atoms with Crippen LogP contribution in [-0.2, 0) is 0 Å². The Balaban J connectivity index is 3.01. The van der Waals surface area contributed by atoms with Crippen LogP contribution < -0.4 is 11.1 Å². The number of carbonyl (C=O) groups excluding carboxylic acids is 1. The van der Waals surface area contributed by atoms with Gasteiger partial charge in [0.2, 0.25) is 0 Å². The molecule has 19 heavy (non-hydrogen) atoms. The first kappa shape index (κ1) is 16.1. The van der Waals surface area contributed by atoms with Crippen LogP contribution in [0, 0.1) is 0 Å². The maximum absolute atomic E-state index is 12.2. The van der Waals surface area contributed by atoms with Crippen LogP contribution in [0.5, 0.6) is 0 Å². The zero-order valence-electron chi connectivity index (χ0n) is 11.0. The number of anilines is 1. The van der Waals surface area contributed by atoms with Crippen molar-refractivity contribution >= 4 is 34.8 Å². The van der Waals surface area contributed by atoms with Crippen molar-refractivity contribution < 1.29 is 9.90 Å². The highest BCUT2D eigenvalue weighted by molar-refractivity contribution is 6.39. The Morgan fingerprint density at radius 2 is 1.79 bits per heavy atom. The van der Waals surface area contributed by atoms with Crippen molar-refractivity contribution in [3.05, 3.63) is 27.7 Å². The largest absolute Gasteiger partial charge is 0.396 e. The van der Waals surface area contributed by atoms with Gasteiger partial charge in [0.25, 0.3) is 5.91 Å². The molecule has 4 nitrogen and oxygen atoms in total. The predicted octanol–water partition coefficient (Wildman–Crippen LogP) is 2.86. The van der Waals surface area contributed by atoms with Crippen molar-refractivity contribution in [2.75, 3.05) is 12.3 Å². The number of benzene rings is 1. The van der Waals surface area contributed by atoms with Gasteiger partial charge in [-0.15, -0.1) is 0 Å². The molecule has 6 heteroatoms. The normalized spacial score (nSPS) is 11.4. The van der Waals surface area contributed by atoms with Crippen LogP contribution >= 0.6 is 23.2 Å². The molecule has 0 aliphatic carbocycles. The van der Waals surface area contributed by atoms with E-state index in [9.17, 15) is 9.90 Å². The molecule has 0 atom stereocenters. The molecule has 0 aromatic heterocycles. The van der Waals surface area contributed by atoms with Gasteiger partial charge in [-0.05, 0) is 25.0 Å². The fourth-order valence-corrected chi connectivity index (χ4v) is 2.21. The van der Waals surface area contributed by atoms with Gasteiger partial charge < -0.3 is 16.2 Å². The third-order valence-electron chi connectivity index (χ3n) is 3.38. The standard InChI is InChI=1S/C13H18Cl2N2O2/c1-3-13(4-2,7-18)17-12(19)8-5-9(14)11(16)10(15)6-8/h5-6,18H,3-4,7,16H2,1-2H3,(H,17,19). The van der Waals surface area contributed by atoms with Gasteiger partial charge in [-0.3, -0.25) is 4.79 Å². The molecule has 0 aliphatic heterocycles. The molecule has 0 spiro atoms. The molecule has 0 fully saturated rings. The molecule has 0 bridgehead atoms. The summed E-state index contributed by atoms with van der Waals surface area (Å²) in [6.45, 7) is 3.69. The van der Waals surface area contributed by atoms with Crippen molar-refractivity contribution in [2.24, 2.45) is 0 Å². The molecule has 1 amide bonds. The van der Waals surface area contributed by atoms with Crippen molar-refractivity contribution in [1.82, 2.24) is 5.32 Å². The minimum Gasteiger partial charge on any atom is -0.396 e. The SMILES string of the molecule is CCC(CC)(CO)NC(=O)c1cc(Cl)c(N)c(Cl)c1. The van der Waals surface area contributed by atoms with Crippen LogP contribution in [0.2, 0.25) is 10.0 Å². The molecule has 0 radical (unpaired) electrons. The summed E-state index contributed by atoms with van der Waals surface area (Å²) in [5.74, 6) is -0.332. The van der Waals surface area contributed by atoms with Crippen molar-refractivity contribution in [2.45, 2.75) is 32.2 Å². The first-order chi connectivity index (χ1) is 8.89. The zero-order chi connectivity index (χ0) is 14.6. The van der Waals surface area contributed by atoms with Gasteiger partial charge >= 0.3 is 0 Å². The van der Waals surface area contributed by atoms with Gasteiger partial charge in [-0.1, -0.05) is 37.0 Å². The maximum Gasteiger partial charge on any atom is 0.251 e. The number of amides is 1. The summed E-state index contributed by atoms with van der Waals surface area (Å²) in [7, 11) is 0. The molecular weight excluding hydrogens is 287 g/mol. The molecule has 1 rings (SSSR count). The molecule has 0 saturated carbocycles. The Kier molecular flexibility index (Phi) is 5.47. The van der Waals surface area contributed by atoms with Crippen LogP contribution in [0.3, 0.4) is 0 Å². The lowest BCUT2D eigenvalue weighted by Gasteiger charge is -2.30. The lowest BCUT2D eigenvalue weighted by Crippen LogP contribution is -2.50. The summed E-state index contributed by atoms with van der Waals surface area (Å²) in [6, 6.07) is 2.93. The Bertz CT molecular complexity index is 442. The molecule has 0 unspecified atom stereocenters. The van der Waals surface area contributed by atoms with E-state index in [4.69, 9.17) is 28.9 Å². The average Bonchev–Trinajstić information content (AvgIpc) is 2.41. The van der Waals surface area contributed by atoms with Gasteiger partial charge in [0.05, 0.1) is 27.9 Å². The molecule has 4 N–H and O–H groups in total. The van der Waals surface area contributed by atoms with Gasteiger partial charge in [-0.2, -0.15) is 0 Å². The predicted molar refractivity (Wildman–Crippen MR) is 78.7 cm³/mol. The Morgan fingerprint density at radius 1 is 1.32 bits per heavy atom. The van der Waals surface area contributed by atoms with Crippen molar-refractivity contribution in [3.63, 3.8) is 0 Å². The van der Waals surface area contributed by atoms with E-state index in [1.54, 1.807) is 0 Å². The maximum atomic E-state index is 12.2. The number of carbonyl (C=O) groups is 1. The number of aliphatic hydroxyl groups excluding tert-OH is 1. The van der Waals surface area contributed by atoms with E-state index in [-0.39, 0.29) is 28.2 Å². The van der Waals surface area contributed by atoms with Crippen molar-refractivity contribution in [3.8, 4) is 0 Å². The molecule has 0 heterocycles. The first-order valence-electron chi connectivity index (χ1n) is 6.07. The van der Waals surface area contributed by atoms with E-state index in [1.165, 1.54) is 12.1 Å². The first-order valence-corrected chi connectivity index (χ1v) is 6.82. The number of aliphatic hydroxyl groups is 1. The minimum absolute atomic E-state index is 0.123. The second-order valence-corrected chi connectivity index (χ2v) is 5.27. The smallest absolute Gasteiger partial charge is 0.251 e. The molecule has 106 valence electrons. The summed E-state index contributed by atoms with van der Waals surface area (Å²) < 4.78 is 0.